The van der Waals surface area contributed by atoms with Crippen LogP contribution in [0.4, 0.5) is 5.69 Å². The molecule has 0 saturated carbocycles. The molecule has 0 saturated heterocycles. The van der Waals surface area contributed by atoms with Gasteiger partial charge in [-0.1, -0.05) is 12.1 Å². The van der Waals surface area contributed by atoms with E-state index >= 15 is 0 Å². The smallest absolute Gasteiger partial charge is 0.389 e. The number of amides is 1. The molecule has 0 fully saturated rings. The Morgan fingerprint density at radius 2 is 2.00 bits per heavy atom. The van der Waals surface area contributed by atoms with Gasteiger partial charge in [0, 0.05) is 13.1 Å². The molecule has 0 atom stereocenters. The molecule has 2 rings (SSSR count). The van der Waals surface area contributed by atoms with Crippen LogP contribution in [0.3, 0.4) is 0 Å². The quantitative estimate of drug-likeness (QED) is 0.504. The minimum absolute atomic E-state index is 0.0981. The first-order valence-corrected chi connectivity index (χ1v) is 6.90. The number of para-hydroxylation sites is 1. The number of carboxylic acids is 1. The van der Waals surface area contributed by atoms with E-state index in [1.54, 1.807) is 29.2 Å². The predicted octanol–water partition coefficient (Wildman–Crippen LogP) is 1.32. The summed E-state index contributed by atoms with van der Waals surface area (Å²) in [6, 6.07) is 6.80. The van der Waals surface area contributed by atoms with Crippen LogP contribution in [-0.4, -0.2) is 45.5 Å². The molecule has 1 aromatic carbocycles. The molecular weight excluding hydrogens is 284 g/mol. The standard InChI is InChI=1S/C15H16N4O3/c1-3-18(4-2)12(9-13(20)21)19-11-8-6-5-7-10(11)14(17-16)15(19)22/h5-9H,3-4H2,1-2H3,(H,20,21)/b12-9+. The zero-order valence-corrected chi connectivity index (χ0v) is 12.4. The van der Waals surface area contributed by atoms with Gasteiger partial charge in [0.15, 0.2) is 0 Å². The molecule has 7 heteroatoms. The Hall–Kier alpha value is -2.92. The first kappa shape index (κ1) is 15.5. The Bertz CT molecular complexity index is 700. The summed E-state index contributed by atoms with van der Waals surface area (Å²) in [6.07, 6.45) is 0.988. The fourth-order valence-electron chi connectivity index (χ4n) is 2.48. The molecule has 1 aliphatic rings. The van der Waals surface area contributed by atoms with E-state index < -0.39 is 11.9 Å². The third-order valence-electron chi connectivity index (χ3n) is 3.47. The first-order chi connectivity index (χ1) is 10.5. The Morgan fingerprint density at radius 1 is 1.36 bits per heavy atom. The van der Waals surface area contributed by atoms with Crippen LogP contribution in [0.15, 0.2) is 36.2 Å². The number of hydrogen-bond donors (Lipinski definition) is 1. The summed E-state index contributed by atoms with van der Waals surface area (Å²) < 4.78 is 0. The number of fused-ring (bicyclic) bond motifs is 1. The number of carbonyl (C=O) groups is 2. The number of carboxylic acid groups (broad SMARTS) is 1. The maximum absolute atomic E-state index is 12.5. The number of hydrogen-bond acceptors (Lipinski definition) is 3. The number of carbonyl (C=O) groups excluding carboxylic acids is 1. The molecule has 0 aromatic heterocycles. The summed E-state index contributed by atoms with van der Waals surface area (Å²) in [5.74, 6) is -1.46. The Labute approximate surface area is 127 Å². The molecule has 1 amide bonds. The summed E-state index contributed by atoms with van der Waals surface area (Å²) in [5.41, 5.74) is 9.98. The Morgan fingerprint density at radius 3 is 2.55 bits per heavy atom. The van der Waals surface area contributed by atoms with Crippen molar-refractivity contribution in [3.8, 4) is 0 Å². The van der Waals surface area contributed by atoms with Crippen molar-refractivity contribution in [1.82, 2.24) is 4.90 Å². The van der Waals surface area contributed by atoms with Crippen LogP contribution < -0.4 is 4.90 Å². The van der Waals surface area contributed by atoms with Crippen molar-refractivity contribution in [1.29, 1.82) is 0 Å². The van der Waals surface area contributed by atoms with Crippen LogP contribution in [0.25, 0.3) is 5.53 Å². The van der Waals surface area contributed by atoms with Gasteiger partial charge in [-0.25, -0.2) is 4.79 Å². The van der Waals surface area contributed by atoms with Crippen molar-refractivity contribution in [2.24, 2.45) is 0 Å². The van der Waals surface area contributed by atoms with Gasteiger partial charge in [0.25, 0.3) is 0 Å². The minimum atomic E-state index is -1.15. The monoisotopic (exact) mass is 300 g/mol. The first-order valence-electron chi connectivity index (χ1n) is 6.90. The Kier molecular flexibility index (Phi) is 4.39. The maximum atomic E-state index is 12.5. The molecule has 114 valence electrons. The number of aliphatic carboxylic acids is 1. The van der Waals surface area contributed by atoms with Crippen LogP contribution in [-0.2, 0) is 9.59 Å². The molecule has 1 heterocycles. The average Bonchev–Trinajstić information content (AvgIpc) is 2.78. The largest absolute Gasteiger partial charge is 0.478 e. The maximum Gasteiger partial charge on any atom is 0.389 e. The van der Waals surface area contributed by atoms with Crippen molar-refractivity contribution in [3.63, 3.8) is 0 Å². The summed E-state index contributed by atoms with van der Waals surface area (Å²) in [5, 5.41) is 9.12. The lowest BCUT2D eigenvalue weighted by Crippen LogP contribution is -2.39. The molecule has 1 aromatic rings. The Balaban J connectivity index is 2.65. The van der Waals surface area contributed by atoms with Crippen LogP contribution in [0.5, 0.6) is 0 Å². The lowest BCUT2D eigenvalue weighted by molar-refractivity contribution is -0.131. The molecule has 1 N–H and O–H groups in total. The van der Waals surface area contributed by atoms with Crippen LogP contribution in [0, 0.1) is 0 Å². The summed E-state index contributed by atoms with van der Waals surface area (Å²) in [4.78, 5) is 29.8. The second-order valence-corrected chi connectivity index (χ2v) is 4.62. The van der Waals surface area contributed by atoms with E-state index in [0.29, 0.717) is 24.3 Å². The third kappa shape index (κ3) is 2.49. The highest BCUT2D eigenvalue weighted by molar-refractivity contribution is 6.53. The third-order valence-corrected chi connectivity index (χ3v) is 3.47. The molecule has 7 nitrogen and oxygen atoms in total. The van der Waals surface area contributed by atoms with Crippen LogP contribution in [0.2, 0.25) is 0 Å². The van der Waals surface area contributed by atoms with Gasteiger partial charge in [0.05, 0.1) is 17.3 Å². The van der Waals surface area contributed by atoms with E-state index in [0.717, 1.165) is 6.08 Å². The number of rotatable bonds is 5. The van der Waals surface area contributed by atoms with Gasteiger partial charge in [-0.05, 0) is 26.0 Å². The van der Waals surface area contributed by atoms with Gasteiger partial charge < -0.3 is 15.5 Å². The molecule has 22 heavy (non-hydrogen) atoms. The molecule has 0 bridgehead atoms. The number of anilines is 1. The summed E-state index contributed by atoms with van der Waals surface area (Å²) in [6.45, 7) is 4.81. The van der Waals surface area contributed by atoms with Gasteiger partial charge >= 0.3 is 17.6 Å². The molecule has 0 aliphatic carbocycles. The van der Waals surface area contributed by atoms with E-state index in [9.17, 15) is 9.59 Å². The second kappa shape index (κ2) is 6.24. The molecule has 0 spiro atoms. The van der Waals surface area contributed by atoms with Gasteiger partial charge in [-0.15, -0.1) is 0 Å². The van der Waals surface area contributed by atoms with Gasteiger partial charge in [-0.2, -0.15) is 4.79 Å². The highest BCUT2D eigenvalue weighted by Gasteiger charge is 2.43. The van der Waals surface area contributed by atoms with Gasteiger partial charge in [-0.3, -0.25) is 9.69 Å². The van der Waals surface area contributed by atoms with E-state index in [1.807, 2.05) is 13.8 Å². The van der Waals surface area contributed by atoms with Crippen molar-refractivity contribution in [3.05, 3.63) is 47.3 Å². The lowest BCUT2D eigenvalue weighted by atomic mass is 10.1. The van der Waals surface area contributed by atoms with Crippen LogP contribution >= 0.6 is 0 Å². The highest BCUT2D eigenvalue weighted by atomic mass is 16.4. The molecule has 1 aliphatic heterocycles. The van der Waals surface area contributed by atoms with Crippen molar-refractivity contribution >= 4 is 23.3 Å². The van der Waals surface area contributed by atoms with E-state index in [1.165, 1.54) is 4.90 Å². The van der Waals surface area contributed by atoms with E-state index in [-0.39, 0.29) is 11.5 Å². The SMILES string of the molecule is CCN(CC)/C(=C\C(=O)O)N1C(=O)C(=[N+]=[N-])c2ccccc21. The number of benzene rings is 1. The minimum Gasteiger partial charge on any atom is -0.478 e. The lowest BCUT2D eigenvalue weighted by Gasteiger charge is -2.30. The normalized spacial score (nSPS) is 13.9. The second-order valence-electron chi connectivity index (χ2n) is 4.62. The molecular formula is C15H16N4O3. The summed E-state index contributed by atoms with van der Waals surface area (Å²) >= 11 is 0. The average molecular weight is 300 g/mol. The topological polar surface area (TPSA) is 97.3 Å². The molecule has 0 radical (unpaired) electrons. The number of nitrogens with zero attached hydrogens (tertiary/aromatic N) is 4. The fraction of sp³-hybridized carbons (Fsp3) is 0.267. The fourth-order valence-corrected chi connectivity index (χ4v) is 2.48. The van der Waals surface area contributed by atoms with Gasteiger partial charge in [0.2, 0.25) is 0 Å². The van der Waals surface area contributed by atoms with Crippen LogP contribution in [0.1, 0.15) is 19.4 Å². The van der Waals surface area contributed by atoms with Crippen molar-refractivity contribution in [2.45, 2.75) is 13.8 Å². The molecule has 0 unspecified atom stereocenters. The zero-order valence-electron chi connectivity index (χ0n) is 12.4. The van der Waals surface area contributed by atoms with Gasteiger partial charge in [0.1, 0.15) is 5.82 Å². The van der Waals surface area contributed by atoms with Crippen molar-refractivity contribution < 1.29 is 19.5 Å². The van der Waals surface area contributed by atoms with Crippen molar-refractivity contribution in [2.75, 3.05) is 18.0 Å². The highest BCUT2D eigenvalue weighted by Crippen LogP contribution is 2.32. The van der Waals surface area contributed by atoms with E-state index in [2.05, 4.69) is 4.79 Å². The summed E-state index contributed by atoms with van der Waals surface area (Å²) in [7, 11) is 0. The zero-order chi connectivity index (χ0) is 16.3. The predicted molar refractivity (Wildman–Crippen MR) is 80.3 cm³/mol. The van der Waals surface area contributed by atoms with E-state index in [4.69, 9.17) is 10.6 Å².